The third-order valence-corrected chi connectivity index (χ3v) is 3.75. The lowest BCUT2D eigenvalue weighted by Crippen LogP contribution is -2.17. The first kappa shape index (κ1) is 16.3. The first-order chi connectivity index (χ1) is 12.1. The fourth-order valence-corrected chi connectivity index (χ4v) is 2.42. The summed E-state index contributed by atoms with van der Waals surface area (Å²) in [6, 6.07) is 15.2. The molecule has 3 aromatic rings. The summed E-state index contributed by atoms with van der Waals surface area (Å²) in [5, 5.41) is 25.3. The van der Waals surface area contributed by atoms with E-state index in [9.17, 15) is 15.0 Å². The Balaban J connectivity index is 1.80. The minimum atomic E-state index is -0.554. The van der Waals surface area contributed by atoms with Crippen molar-refractivity contribution in [3.8, 4) is 17.2 Å². The van der Waals surface area contributed by atoms with E-state index in [1.807, 2.05) is 12.1 Å². The van der Waals surface area contributed by atoms with Gasteiger partial charge in [0, 0.05) is 10.9 Å². The van der Waals surface area contributed by atoms with Crippen molar-refractivity contribution in [2.75, 3.05) is 7.11 Å². The number of hydrazone groups is 1. The smallest absolute Gasteiger partial charge is 0.275 e. The van der Waals surface area contributed by atoms with Crippen LogP contribution < -0.4 is 10.2 Å². The van der Waals surface area contributed by atoms with Crippen LogP contribution in [-0.4, -0.2) is 29.4 Å². The van der Waals surface area contributed by atoms with Crippen LogP contribution in [0.25, 0.3) is 10.8 Å². The molecule has 0 aliphatic rings. The molecule has 0 saturated carbocycles. The third-order valence-electron chi connectivity index (χ3n) is 3.75. The van der Waals surface area contributed by atoms with E-state index in [-0.39, 0.29) is 17.1 Å². The first-order valence-electron chi connectivity index (χ1n) is 7.51. The molecule has 0 saturated heterocycles. The number of nitrogens with zero attached hydrogens (tertiary/aromatic N) is 1. The summed E-state index contributed by atoms with van der Waals surface area (Å²) in [5.74, 6) is -0.0954. The highest BCUT2D eigenvalue weighted by Gasteiger charge is 2.13. The summed E-state index contributed by atoms with van der Waals surface area (Å²) >= 11 is 0. The van der Waals surface area contributed by atoms with Crippen molar-refractivity contribution in [1.29, 1.82) is 0 Å². The van der Waals surface area contributed by atoms with Gasteiger partial charge in [0.05, 0.1) is 18.9 Å². The Hall–Kier alpha value is -3.54. The molecule has 0 unspecified atom stereocenters. The molecule has 0 fully saturated rings. The molecule has 0 atom stereocenters. The maximum atomic E-state index is 12.2. The molecule has 3 aromatic carbocycles. The number of benzene rings is 3. The van der Waals surface area contributed by atoms with Crippen molar-refractivity contribution in [3.05, 3.63) is 65.7 Å². The molecule has 0 aliphatic heterocycles. The lowest BCUT2D eigenvalue weighted by atomic mass is 10.1. The highest BCUT2D eigenvalue weighted by Crippen LogP contribution is 2.28. The molecular formula is C19H16N2O4. The van der Waals surface area contributed by atoms with Crippen molar-refractivity contribution >= 4 is 22.9 Å². The highest BCUT2D eigenvalue weighted by molar-refractivity contribution is 6.03. The Morgan fingerprint density at radius 1 is 1.12 bits per heavy atom. The van der Waals surface area contributed by atoms with E-state index in [0.717, 1.165) is 5.39 Å². The van der Waals surface area contributed by atoms with Gasteiger partial charge in [0.2, 0.25) is 0 Å². The van der Waals surface area contributed by atoms with Crippen molar-refractivity contribution in [3.63, 3.8) is 0 Å². The van der Waals surface area contributed by atoms with Gasteiger partial charge in [-0.3, -0.25) is 4.79 Å². The Kier molecular flexibility index (Phi) is 4.52. The highest BCUT2D eigenvalue weighted by atomic mass is 16.5. The number of fused-ring (bicyclic) bond motifs is 1. The van der Waals surface area contributed by atoms with Gasteiger partial charge in [0.1, 0.15) is 17.2 Å². The molecule has 6 heteroatoms. The Bertz CT molecular complexity index is 967. The summed E-state index contributed by atoms with van der Waals surface area (Å²) in [4.78, 5) is 12.2. The Morgan fingerprint density at radius 2 is 1.92 bits per heavy atom. The van der Waals surface area contributed by atoms with Gasteiger partial charge in [-0.25, -0.2) is 5.43 Å². The molecule has 1 amide bonds. The average Bonchev–Trinajstić information content (AvgIpc) is 2.63. The predicted molar refractivity (Wildman–Crippen MR) is 95.3 cm³/mol. The fraction of sp³-hybridized carbons (Fsp3) is 0.0526. The summed E-state index contributed by atoms with van der Waals surface area (Å²) in [6.07, 6.45) is 1.30. The molecule has 0 radical (unpaired) electrons. The van der Waals surface area contributed by atoms with Crippen molar-refractivity contribution in [2.45, 2.75) is 0 Å². The SMILES string of the molecule is COc1ccc(O)c(/C=N/NC(=O)c2ccc3ccccc3c2O)c1. The lowest BCUT2D eigenvalue weighted by molar-refractivity contribution is 0.0952. The van der Waals surface area contributed by atoms with E-state index in [2.05, 4.69) is 10.5 Å². The van der Waals surface area contributed by atoms with Gasteiger partial charge in [0.25, 0.3) is 5.91 Å². The molecule has 0 heterocycles. The van der Waals surface area contributed by atoms with Crippen LogP contribution in [0.4, 0.5) is 0 Å². The van der Waals surface area contributed by atoms with Crippen LogP contribution in [-0.2, 0) is 0 Å². The minimum Gasteiger partial charge on any atom is -0.507 e. The van der Waals surface area contributed by atoms with E-state index in [1.165, 1.54) is 25.5 Å². The number of phenols is 2. The van der Waals surface area contributed by atoms with Crippen LogP contribution in [0.15, 0.2) is 59.7 Å². The van der Waals surface area contributed by atoms with Gasteiger partial charge in [-0.2, -0.15) is 5.10 Å². The number of methoxy groups -OCH3 is 1. The second-order valence-corrected chi connectivity index (χ2v) is 5.31. The first-order valence-corrected chi connectivity index (χ1v) is 7.51. The number of aromatic hydroxyl groups is 2. The van der Waals surface area contributed by atoms with Gasteiger partial charge in [-0.1, -0.05) is 30.3 Å². The maximum Gasteiger partial charge on any atom is 0.275 e. The van der Waals surface area contributed by atoms with Gasteiger partial charge in [-0.05, 0) is 29.7 Å². The molecule has 0 aromatic heterocycles. The van der Waals surface area contributed by atoms with E-state index >= 15 is 0 Å². The number of nitrogens with one attached hydrogen (secondary N) is 1. The standard InChI is InChI=1S/C19H16N2O4/c1-25-14-7-9-17(22)13(10-14)11-20-21-19(24)16-8-6-12-4-2-3-5-15(12)18(16)23/h2-11,22-23H,1H3,(H,21,24)/b20-11+. The molecule has 6 nitrogen and oxygen atoms in total. The van der Waals surface area contributed by atoms with E-state index in [4.69, 9.17) is 4.74 Å². The number of hydrogen-bond donors (Lipinski definition) is 3. The van der Waals surface area contributed by atoms with Crippen LogP contribution in [0.5, 0.6) is 17.2 Å². The Labute approximate surface area is 144 Å². The van der Waals surface area contributed by atoms with Gasteiger partial charge >= 0.3 is 0 Å². The van der Waals surface area contributed by atoms with Crippen molar-refractivity contribution < 1.29 is 19.7 Å². The number of carbonyl (C=O) groups excluding carboxylic acids is 1. The quantitative estimate of drug-likeness (QED) is 0.504. The summed E-state index contributed by atoms with van der Waals surface area (Å²) < 4.78 is 5.07. The summed E-state index contributed by atoms with van der Waals surface area (Å²) in [5.41, 5.74) is 2.84. The zero-order valence-electron chi connectivity index (χ0n) is 13.4. The average molecular weight is 336 g/mol. The van der Waals surface area contributed by atoms with Crippen LogP contribution in [0, 0.1) is 0 Å². The van der Waals surface area contributed by atoms with Crippen LogP contribution in [0.1, 0.15) is 15.9 Å². The van der Waals surface area contributed by atoms with E-state index in [1.54, 1.807) is 30.3 Å². The van der Waals surface area contributed by atoms with Crippen molar-refractivity contribution in [2.24, 2.45) is 5.10 Å². The molecule has 3 rings (SSSR count). The number of amides is 1. The predicted octanol–water partition coefficient (Wildman–Crippen LogP) is 3.02. The number of carbonyl (C=O) groups is 1. The zero-order valence-corrected chi connectivity index (χ0v) is 13.4. The Morgan fingerprint density at radius 3 is 2.72 bits per heavy atom. The van der Waals surface area contributed by atoms with Crippen LogP contribution >= 0.6 is 0 Å². The monoisotopic (exact) mass is 336 g/mol. The lowest BCUT2D eigenvalue weighted by Gasteiger charge is -2.07. The number of ether oxygens (including phenoxy) is 1. The molecule has 0 spiro atoms. The zero-order chi connectivity index (χ0) is 17.8. The fourth-order valence-electron chi connectivity index (χ4n) is 2.42. The topological polar surface area (TPSA) is 91.2 Å². The van der Waals surface area contributed by atoms with Crippen LogP contribution in [0.2, 0.25) is 0 Å². The molecular weight excluding hydrogens is 320 g/mol. The minimum absolute atomic E-state index is 0.00681. The second-order valence-electron chi connectivity index (χ2n) is 5.31. The van der Waals surface area contributed by atoms with Gasteiger partial charge < -0.3 is 14.9 Å². The van der Waals surface area contributed by atoms with Gasteiger partial charge in [-0.15, -0.1) is 0 Å². The summed E-state index contributed by atoms with van der Waals surface area (Å²) in [6.45, 7) is 0. The summed E-state index contributed by atoms with van der Waals surface area (Å²) in [7, 11) is 1.51. The maximum absolute atomic E-state index is 12.2. The second kappa shape index (κ2) is 6.92. The molecule has 0 aliphatic carbocycles. The third kappa shape index (κ3) is 3.37. The normalized spacial score (nSPS) is 10.9. The van der Waals surface area contributed by atoms with E-state index < -0.39 is 5.91 Å². The molecule has 126 valence electrons. The molecule has 25 heavy (non-hydrogen) atoms. The molecule has 0 bridgehead atoms. The van der Waals surface area contributed by atoms with Crippen molar-refractivity contribution in [1.82, 2.24) is 5.43 Å². The largest absolute Gasteiger partial charge is 0.507 e. The number of phenolic OH excluding ortho intramolecular Hbond substituents is 2. The number of rotatable bonds is 4. The number of hydrogen-bond acceptors (Lipinski definition) is 5. The van der Waals surface area contributed by atoms with Gasteiger partial charge in [0.15, 0.2) is 0 Å². The molecule has 3 N–H and O–H groups in total. The van der Waals surface area contributed by atoms with E-state index in [0.29, 0.717) is 16.7 Å². The van der Waals surface area contributed by atoms with Crippen LogP contribution in [0.3, 0.4) is 0 Å².